The molecule has 4 heteroatoms. The predicted octanol–water partition coefficient (Wildman–Crippen LogP) is 2.80. The third-order valence-corrected chi connectivity index (χ3v) is 2.86. The van der Waals surface area contributed by atoms with Crippen LogP contribution in [-0.4, -0.2) is 16.6 Å². The molecule has 0 amide bonds. The predicted molar refractivity (Wildman–Crippen MR) is 61.1 cm³/mol. The molecule has 1 rings (SSSR count). The third kappa shape index (κ3) is 2.32. The van der Waals surface area contributed by atoms with Crippen molar-refractivity contribution in [2.24, 2.45) is 0 Å². The Kier molecular flexibility index (Phi) is 3.52. The fourth-order valence-corrected chi connectivity index (χ4v) is 1.33. The fourth-order valence-electron chi connectivity index (χ4n) is 1.33. The highest BCUT2D eigenvalue weighted by Crippen LogP contribution is 2.23. The molecule has 0 heterocycles. The summed E-state index contributed by atoms with van der Waals surface area (Å²) < 4.78 is 13.3. The average molecular weight is 225 g/mol. The monoisotopic (exact) mass is 225 g/mol. The lowest BCUT2D eigenvalue weighted by Gasteiger charge is -2.26. The lowest BCUT2D eigenvalue weighted by atomic mass is 9.98. The van der Waals surface area contributed by atoms with Gasteiger partial charge in [-0.1, -0.05) is 13.0 Å². The minimum absolute atomic E-state index is 0.339. The van der Waals surface area contributed by atoms with Crippen molar-refractivity contribution in [3.8, 4) is 0 Å². The SMILES string of the molecule is CCC(C)(Nc1cccc(F)c1C)C(=O)O. The molecule has 1 aromatic carbocycles. The van der Waals surface area contributed by atoms with Gasteiger partial charge in [0.05, 0.1) is 0 Å². The van der Waals surface area contributed by atoms with Crippen LogP contribution in [-0.2, 0) is 4.79 Å². The van der Waals surface area contributed by atoms with Crippen molar-refractivity contribution in [3.05, 3.63) is 29.6 Å². The maximum absolute atomic E-state index is 13.3. The van der Waals surface area contributed by atoms with E-state index in [0.29, 0.717) is 17.7 Å². The van der Waals surface area contributed by atoms with Gasteiger partial charge in [0.15, 0.2) is 0 Å². The van der Waals surface area contributed by atoms with E-state index in [1.807, 2.05) is 0 Å². The molecule has 0 aliphatic rings. The second-order valence-corrected chi connectivity index (χ2v) is 4.03. The van der Waals surface area contributed by atoms with Gasteiger partial charge in [-0.05, 0) is 32.4 Å². The van der Waals surface area contributed by atoms with Gasteiger partial charge >= 0.3 is 5.97 Å². The van der Waals surface area contributed by atoms with Gasteiger partial charge in [0.25, 0.3) is 0 Å². The van der Waals surface area contributed by atoms with Gasteiger partial charge in [0.2, 0.25) is 0 Å². The van der Waals surface area contributed by atoms with Crippen molar-refractivity contribution in [3.63, 3.8) is 0 Å². The Balaban J connectivity index is 3.04. The number of nitrogens with one attached hydrogen (secondary N) is 1. The summed E-state index contributed by atoms with van der Waals surface area (Å²) in [7, 11) is 0. The maximum atomic E-state index is 13.3. The van der Waals surface area contributed by atoms with Crippen molar-refractivity contribution in [2.45, 2.75) is 32.7 Å². The molecule has 0 spiro atoms. The number of benzene rings is 1. The summed E-state index contributed by atoms with van der Waals surface area (Å²) in [6.45, 7) is 4.98. The van der Waals surface area contributed by atoms with Gasteiger partial charge in [-0.15, -0.1) is 0 Å². The van der Waals surface area contributed by atoms with E-state index in [2.05, 4.69) is 5.32 Å². The quantitative estimate of drug-likeness (QED) is 0.828. The second kappa shape index (κ2) is 4.51. The minimum Gasteiger partial charge on any atom is -0.480 e. The lowest BCUT2D eigenvalue weighted by Crippen LogP contribution is -2.42. The summed E-state index contributed by atoms with van der Waals surface area (Å²) >= 11 is 0. The summed E-state index contributed by atoms with van der Waals surface area (Å²) in [4.78, 5) is 11.1. The Labute approximate surface area is 94.3 Å². The van der Waals surface area contributed by atoms with Crippen molar-refractivity contribution >= 4 is 11.7 Å². The van der Waals surface area contributed by atoms with E-state index >= 15 is 0 Å². The molecule has 0 saturated carbocycles. The third-order valence-electron chi connectivity index (χ3n) is 2.86. The summed E-state index contributed by atoms with van der Waals surface area (Å²) in [5.41, 5.74) is -0.117. The molecule has 3 nitrogen and oxygen atoms in total. The van der Waals surface area contributed by atoms with Crippen LogP contribution in [0.25, 0.3) is 0 Å². The molecule has 1 aromatic rings. The minimum atomic E-state index is -1.07. The highest BCUT2D eigenvalue weighted by molar-refractivity contribution is 5.82. The molecule has 16 heavy (non-hydrogen) atoms. The highest BCUT2D eigenvalue weighted by atomic mass is 19.1. The van der Waals surface area contributed by atoms with E-state index in [0.717, 1.165) is 0 Å². The number of carboxylic acids is 1. The Morgan fingerprint density at radius 3 is 2.69 bits per heavy atom. The van der Waals surface area contributed by atoms with Crippen LogP contribution in [0, 0.1) is 12.7 Å². The first-order valence-electron chi connectivity index (χ1n) is 5.17. The summed E-state index contributed by atoms with van der Waals surface area (Å²) in [6, 6.07) is 4.59. The Morgan fingerprint density at radius 1 is 1.56 bits per heavy atom. The van der Waals surface area contributed by atoms with Gasteiger partial charge in [0.1, 0.15) is 11.4 Å². The first-order valence-corrected chi connectivity index (χ1v) is 5.17. The average Bonchev–Trinajstić information content (AvgIpc) is 2.24. The molecule has 0 bridgehead atoms. The van der Waals surface area contributed by atoms with Gasteiger partial charge < -0.3 is 10.4 Å². The zero-order valence-electron chi connectivity index (χ0n) is 9.67. The van der Waals surface area contributed by atoms with E-state index in [-0.39, 0.29) is 5.82 Å². The van der Waals surface area contributed by atoms with Crippen LogP contribution in [0.3, 0.4) is 0 Å². The first kappa shape index (κ1) is 12.5. The number of hydrogen-bond acceptors (Lipinski definition) is 2. The van der Waals surface area contributed by atoms with Crippen LogP contribution in [0.5, 0.6) is 0 Å². The fraction of sp³-hybridized carbons (Fsp3) is 0.417. The highest BCUT2D eigenvalue weighted by Gasteiger charge is 2.31. The number of rotatable bonds is 4. The summed E-state index contributed by atoms with van der Waals surface area (Å²) in [5, 5.41) is 12.0. The maximum Gasteiger partial charge on any atom is 0.329 e. The molecular weight excluding hydrogens is 209 g/mol. The van der Waals surface area contributed by atoms with Crippen LogP contribution >= 0.6 is 0 Å². The molecule has 0 radical (unpaired) electrons. The van der Waals surface area contributed by atoms with Crippen LogP contribution in [0.1, 0.15) is 25.8 Å². The molecule has 0 aliphatic carbocycles. The van der Waals surface area contributed by atoms with Crippen LogP contribution in [0.2, 0.25) is 0 Å². The Hall–Kier alpha value is -1.58. The Morgan fingerprint density at radius 2 is 2.19 bits per heavy atom. The largest absolute Gasteiger partial charge is 0.480 e. The number of carboxylic acid groups (broad SMARTS) is 1. The van der Waals surface area contributed by atoms with Crippen molar-refractivity contribution in [1.82, 2.24) is 0 Å². The molecule has 88 valence electrons. The van der Waals surface area contributed by atoms with E-state index in [1.54, 1.807) is 32.9 Å². The zero-order valence-corrected chi connectivity index (χ0v) is 9.67. The van der Waals surface area contributed by atoms with Gasteiger partial charge in [-0.25, -0.2) is 9.18 Å². The molecule has 0 aliphatic heterocycles. The molecule has 0 fully saturated rings. The second-order valence-electron chi connectivity index (χ2n) is 4.03. The molecule has 1 unspecified atom stereocenters. The normalized spacial score (nSPS) is 14.2. The van der Waals surface area contributed by atoms with Crippen LogP contribution in [0.4, 0.5) is 10.1 Å². The number of hydrogen-bond donors (Lipinski definition) is 2. The van der Waals surface area contributed by atoms with Crippen molar-refractivity contribution < 1.29 is 14.3 Å². The van der Waals surface area contributed by atoms with Gasteiger partial charge in [-0.2, -0.15) is 0 Å². The van der Waals surface area contributed by atoms with E-state index in [1.165, 1.54) is 6.07 Å². The molecule has 0 saturated heterocycles. The molecule has 2 N–H and O–H groups in total. The molecular formula is C12H16FNO2. The summed E-state index contributed by atoms with van der Waals surface area (Å²) in [6.07, 6.45) is 0.415. The van der Waals surface area contributed by atoms with Crippen LogP contribution < -0.4 is 5.32 Å². The van der Waals surface area contributed by atoms with Gasteiger partial charge in [0, 0.05) is 11.3 Å². The standard InChI is InChI=1S/C12H16FNO2/c1-4-12(3,11(15)16)14-10-7-5-6-9(13)8(10)2/h5-7,14H,4H2,1-3H3,(H,15,16). The number of aliphatic carboxylic acids is 1. The van der Waals surface area contributed by atoms with Crippen molar-refractivity contribution in [2.75, 3.05) is 5.32 Å². The first-order chi connectivity index (χ1) is 7.40. The van der Waals surface area contributed by atoms with Gasteiger partial charge in [-0.3, -0.25) is 0 Å². The lowest BCUT2D eigenvalue weighted by molar-refractivity contribution is -0.141. The Bertz CT molecular complexity index is 406. The zero-order chi connectivity index (χ0) is 12.3. The van der Waals surface area contributed by atoms with E-state index in [4.69, 9.17) is 5.11 Å². The summed E-state index contributed by atoms with van der Waals surface area (Å²) in [5.74, 6) is -1.28. The molecule has 0 aromatic heterocycles. The number of carbonyl (C=O) groups is 1. The molecule has 1 atom stereocenters. The van der Waals surface area contributed by atoms with Crippen LogP contribution in [0.15, 0.2) is 18.2 Å². The number of halogens is 1. The smallest absolute Gasteiger partial charge is 0.329 e. The number of anilines is 1. The van der Waals surface area contributed by atoms with E-state index in [9.17, 15) is 9.18 Å². The van der Waals surface area contributed by atoms with Crippen molar-refractivity contribution in [1.29, 1.82) is 0 Å². The topological polar surface area (TPSA) is 49.3 Å². The van der Waals surface area contributed by atoms with E-state index < -0.39 is 11.5 Å².